The van der Waals surface area contributed by atoms with Gasteiger partial charge in [-0.2, -0.15) is 26.3 Å². The number of benzene rings is 2. The Kier molecular flexibility index (Phi) is 11.3. The molecule has 2 heterocycles. The molecule has 2 aromatic carbocycles. The van der Waals surface area contributed by atoms with E-state index < -0.39 is 29.6 Å². The second-order valence-electron chi connectivity index (χ2n) is 9.46. The number of nitrogens with one attached hydrogen (secondary N) is 2. The molecule has 0 amide bonds. The van der Waals surface area contributed by atoms with Crippen LogP contribution in [-0.2, 0) is 24.1 Å². The fraction of sp³-hybridized carbons (Fsp3) is 0.333. The van der Waals surface area contributed by atoms with E-state index in [0.29, 0.717) is 34.3 Å². The van der Waals surface area contributed by atoms with Crippen molar-refractivity contribution in [1.29, 1.82) is 0 Å². The molecule has 2 aromatic heterocycles. The van der Waals surface area contributed by atoms with Gasteiger partial charge in [-0.3, -0.25) is 9.51 Å². The normalized spacial score (nSPS) is 11.8. The van der Waals surface area contributed by atoms with Crippen LogP contribution in [0, 0.1) is 6.92 Å². The Morgan fingerprint density at radius 3 is 2.30 bits per heavy atom. The highest BCUT2D eigenvalue weighted by Crippen LogP contribution is 2.34. The second-order valence-corrected chi connectivity index (χ2v) is 10.5. The van der Waals surface area contributed by atoms with Crippen molar-refractivity contribution in [3.05, 3.63) is 74.7 Å². The third-order valence-corrected chi connectivity index (χ3v) is 6.89. The minimum Gasteiger partial charge on any atom is -0.488 e. The molecule has 0 saturated carbocycles. The molecule has 0 unspecified atom stereocenters. The van der Waals surface area contributed by atoms with Gasteiger partial charge in [0.25, 0.3) is 0 Å². The Balaban J connectivity index is 0.000000676. The lowest BCUT2D eigenvalue weighted by atomic mass is 10.1. The summed E-state index contributed by atoms with van der Waals surface area (Å²) in [6, 6.07) is 10.4. The van der Waals surface area contributed by atoms with E-state index in [0.717, 1.165) is 41.4 Å². The number of carboxylic acids is 1. The van der Waals surface area contributed by atoms with Crippen molar-refractivity contribution in [1.82, 2.24) is 25.3 Å². The molecule has 4 rings (SSSR count). The first-order valence-corrected chi connectivity index (χ1v) is 13.5. The summed E-state index contributed by atoms with van der Waals surface area (Å²) < 4.78 is 81.3. The Hall–Kier alpha value is -4.22. The number of hydrogen-bond acceptors (Lipinski definition) is 9. The summed E-state index contributed by atoms with van der Waals surface area (Å²) in [5.41, 5.74) is 2.25. The molecule has 0 bridgehead atoms. The van der Waals surface area contributed by atoms with E-state index in [4.69, 9.17) is 19.6 Å². The van der Waals surface area contributed by atoms with Crippen LogP contribution >= 0.6 is 11.3 Å². The van der Waals surface area contributed by atoms with E-state index in [2.05, 4.69) is 24.9 Å². The molecule has 44 heavy (non-hydrogen) atoms. The fourth-order valence-electron chi connectivity index (χ4n) is 3.56. The third-order valence-electron chi connectivity index (χ3n) is 5.77. The molecule has 4 aromatic rings. The van der Waals surface area contributed by atoms with Crippen LogP contribution in [0.2, 0.25) is 0 Å². The first-order valence-electron chi connectivity index (χ1n) is 12.7. The van der Waals surface area contributed by atoms with Crippen molar-refractivity contribution < 1.29 is 45.5 Å². The number of rotatable bonds is 10. The quantitative estimate of drug-likeness (QED) is 0.154. The van der Waals surface area contributed by atoms with Crippen molar-refractivity contribution in [2.45, 2.75) is 32.4 Å². The predicted octanol–water partition coefficient (Wildman–Crippen LogP) is 5.34. The van der Waals surface area contributed by atoms with Crippen molar-refractivity contribution in [2.24, 2.45) is 0 Å². The number of H-pyrrole nitrogens is 1. The number of halogens is 6. The second kappa shape index (κ2) is 14.5. The molecule has 0 fully saturated rings. The van der Waals surface area contributed by atoms with E-state index in [1.54, 1.807) is 12.1 Å². The number of ether oxygens (including phenoxy) is 1. The van der Waals surface area contributed by atoms with Gasteiger partial charge < -0.3 is 20.1 Å². The van der Waals surface area contributed by atoms with Crippen LogP contribution in [0.1, 0.15) is 21.7 Å². The first kappa shape index (κ1) is 34.3. The van der Waals surface area contributed by atoms with Crippen LogP contribution < -0.4 is 15.8 Å². The molecule has 0 atom stereocenters. The SMILES string of the molecule is Cc1cc(OCc2sc(-c3ccc(C(F)(F)F)cc3)nc2CNCCN(C)C)ccc1-c1noc(=O)[nH]1.O=C(O)C(F)(F)F. The van der Waals surface area contributed by atoms with E-state index >= 15 is 0 Å². The Labute approximate surface area is 250 Å². The zero-order valence-electron chi connectivity index (χ0n) is 23.5. The molecule has 0 spiro atoms. The van der Waals surface area contributed by atoms with Crippen molar-refractivity contribution in [3.8, 4) is 27.7 Å². The number of aryl methyl sites for hydroxylation is 1. The average molecular weight is 648 g/mol. The number of likely N-dealkylation sites (N-methyl/N-ethyl adjacent to an activating group) is 1. The van der Waals surface area contributed by atoms with Crippen molar-refractivity contribution >= 4 is 17.3 Å². The molecule has 17 heteroatoms. The summed E-state index contributed by atoms with van der Waals surface area (Å²) in [6.07, 6.45) is -9.47. The predicted molar refractivity (Wildman–Crippen MR) is 148 cm³/mol. The van der Waals surface area contributed by atoms with Gasteiger partial charge in [0.15, 0.2) is 5.82 Å². The monoisotopic (exact) mass is 647 g/mol. The summed E-state index contributed by atoms with van der Waals surface area (Å²) in [4.78, 5) is 30.3. The summed E-state index contributed by atoms with van der Waals surface area (Å²) in [5, 5.41) is 14.8. The van der Waals surface area contributed by atoms with Gasteiger partial charge in [0.1, 0.15) is 17.4 Å². The van der Waals surface area contributed by atoms with E-state index in [1.807, 2.05) is 27.1 Å². The molecule has 238 valence electrons. The fourth-order valence-corrected chi connectivity index (χ4v) is 4.55. The molecular weight excluding hydrogens is 620 g/mol. The van der Waals surface area contributed by atoms with Crippen LogP contribution in [0.15, 0.2) is 51.8 Å². The lowest BCUT2D eigenvalue weighted by Crippen LogP contribution is -2.26. The molecule has 0 radical (unpaired) electrons. The Bertz CT molecular complexity index is 1600. The highest BCUT2D eigenvalue weighted by atomic mass is 32.1. The maximum absolute atomic E-state index is 13.0. The standard InChI is InChI=1S/C25H26F3N5O3S.C2HF3O2/c1-15-12-18(8-9-19(15)22-31-24(34)36-32-22)35-14-21-20(13-29-10-11-33(2)3)30-23(37-21)16-4-6-17(7-5-16)25(26,27)28;3-2(4,5)1(6)7/h4-9,12,29H,10-11,13-14H2,1-3H3,(H,31,32,34);(H,6,7). The van der Waals surface area contributed by atoms with Gasteiger partial charge in [0.05, 0.1) is 16.1 Å². The molecular formula is C27H27F6N5O5S. The van der Waals surface area contributed by atoms with Crippen LogP contribution in [-0.4, -0.2) is 64.5 Å². The molecule has 0 aliphatic rings. The van der Waals surface area contributed by atoms with Gasteiger partial charge in [-0.25, -0.2) is 14.6 Å². The minimum absolute atomic E-state index is 0.239. The average Bonchev–Trinajstić information content (AvgIpc) is 3.55. The van der Waals surface area contributed by atoms with E-state index in [-0.39, 0.29) is 6.61 Å². The van der Waals surface area contributed by atoms with E-state index in [9.17, 15) is 31.1 Å². The highest BCUT2D eigenvalue weighted by molar-refractivity contribution is 7.15. The van der Waals surface area contributed by atoms with Gasteiger partial charge in [-0.1, -0.05) is 17.3 Å². The van der Waals surface area contributed by atoms with Gasteiger partial charge in [-0.05, 0) is 56.9 Å². The number of carbonyl (C=O) groups is 1. The maximum Gasteiger partial charge on any atom is 0.490 e. The number of hydrogen-bond donors (Lipinski definition) is 3. The van der Waals surface area contributed by atoms with Crippen LogP contribution in [0.25, 0.3) is 22.0 Å². The van der Waals surface area contributed by atoms with E-state index in [1.165, 1.54) is 23.5 Å². The third kappa shape index (κ3) is 9.92. The van der Waals surface area contributed by atoms with Gasteiger partial charge >= 0.3 is 24.1 Å². The first-order chi connectivity index (χ1) is 20.5. The summed E-state index contributed by atoms with van der Waals surface area (Å²) in [5.74, 6) is -2.44. The smallest absolute Gasteiger partial charge is 0.488 e. The highest BCUT2D eigenvalue weighted by Gasteiger charge is 2.38. The van der Waals surface area contributed by atoms with Gasteiger partial charge in [-0.15, -0.1) is 11.3 Å². The summed E-state index contributed by atoms with van der Waals surface area (Å²) in [7, 11) is 3.97. The van der Waals surface area contributed by atoms with Crippen molar-refractivity contribution in [2.75, 3.05) is 27.2 Å². The maximum atomic E-state index is 13.0. The van der Waals surface area contributed by atoms with Crippen molar-refractivity contribution in [3.63, 3.8) is 0 Å². The molecule has 0 saturated heterocycles. The number of aromatic amines is 1. The number of alkyl halides is 6. The van der Waals surface area contributed by atoms with Crippen LogP contribution in [0.5, 0.6) is 5.75 Å². The summed E-state index contributed by atoms with van der Waals surface area (Å²) >= 11 is 1.39. The lowest BCUT2D eigenvalue weighted by molar-refractivity contribution is -0.192. The molecule has 0 aliphatic heterocycles. The zero-order chi connectivity index (χ0) is 32.7. The Morgan fingerprint density at radius 1 is 1.11 bits per heavy atom. The number of carboxylic acid groups (broad SMARTS) is 1. The van der Waals surface area contributed by atoms with Crippen LogP contribution in [0.3, 0.4) is 0 Å². The number of aromatic nitrogens is 3. The van der Waals surface area contributed by atoms with Crippen LogP contribution in [0.4, 0.5) is 26.3 Å². The molecule has 3 N–H and O–H groups in total. The number of thiazole rings is 1. The number of aliphatic carboxylic acids is 1. The number of nitrogens with zero attached hydrogens (tertiary/aromatic N) is 3. The molecule has 10 nitrogen and oxygen atoms in total. The largest absolute Gasteiger partial charge is 0.490 e. The zero-order valence-corrected chi connectivity index (χ0v) is 24.3. The van der Waals surface area contributed by atoms with Gasteiger partial charge in [0, 0.05) is 30.8 Å². The molecule has 0 aliphatic carbocycles. The summed E-state index contributed by atoms with van der Waals surface area (Å²) in [6.45, 7) is 4.21. The Morgan fingerprint density at radius 2 is 1.77 bits per heavy atom. The topological polar surface area (TPSA) is 134 Å². The minimum atomic E-state index is -5.08. The van der Waals surface area contributed by atoms with Gasteiger partial charge in [0.2, 0.25) is 0 Å². The lowest BCUT2D eigenvalue weighted by Gasteiger charge is -2.11.